The van der Waals surface area contributed by atoms with Gasteiger partial charge in [-0.3, -0.25) is 15.1 Å². The van der Waals surface area contributed by atoms with Crippen LogP contribution < -0.4 is 10.1 Å². The molecule has 0 aliphatic heterocycles. The molecule has 0 saturated carbocycles. The number of nitrogens with zero attached hydrogens (tertiary/aromatic N) is 3. The first-order valence-electron chi connectivity index (χ1n) is 7.22. The molecule has 0 fully saturated rings. The second-order valence-corrected chi connectivity index (χ2v) is 6.47. The lowest BCUT2D eigenvalue weighted by atomic mass is 10.1. The molecular formula is C17H10BrClN4O3. The van der Waals surface area contributed by atoms with Crippen molar-refractivity contribution in [2.75, 3.05) is 12.4 Å². The summed E-state index contributed by atoms with van der Waals surface area (Å²) in [6.07, 6.45) is 1.40. The summed E-state index contributed by atoms with van der Waals surface area (Å²) in [5.41, 5.74) is 1.57. The predicted octanol–water partition coefficient (Wildman–Crippen LogP) is 5.18. The highest BCUT2D eigenvalue weighted by Gasteiger charge is 2.20. The van der Waals surface area contributed by atoms with E-state index in [0.29, 0.717) is 31.8 Å². The molecule has 7 nitrogen and oxygen atoms in total. The number of nitro benzene ring substituents is 1. The smallest absolute Gasteiger partial charge is 0.311 e. The number of aromatic nitrogens is 1. The van der Waals surface area contributed by atoms with Gasteiger partial charge in [0.2, 0.25) is 0 Å². The van der Waals surface area contributed by atoms with E-state index in [1.54, 1.807) is 18.2 Å². The first kappa shape index (κ1) is 17.9. The average Bonchev–Trinajstić information content (AvgIpc) is 2.63. The zero-order valence-electron chi connectivity index (χ0n) is 13.3. The zero-order chi connectivity index (χ0) is 18.8. The Morgan fingerprint density at radius 2 is 2.15 bits per heavy atom. The highest BCUT2D eigenvalue weighted by molar-refractivity contribution is 9.10. The van der Waals surface area contributed by atoms with Gasteiger partial charge >= 0.3 is 5.69 Å². The SMILES string of the molecule is COc1cc2ncc(C#N)c(Nc3ccc(Cl)c(Br)c3)c2cc1[N+](=O)[O-]. The molecule has 0 atom stereocenters. The molecule has 3 rings (SSSR count). The number of hydrogen-bond acceptors (Lipinski definition) is 6. The number of pyridine rings is 1. The summed E-state index contributed by atoms with van der Waals surface area (Å²) in [5.74, 6) is 0.0971. The summed E-state index contributed by atoms with van der Waals surface area (Å²) >= 11 is 9.34. The minimum atomic E-state index is -0.542. The first-order chi connectivity index (χ1) is 12.4. The monoisotopic (exact) mass is 432 g/mol. The van der Waals surface area contributed by atoms with Gasteiger partial charge in [0, 0.05) is 33.9 Å². The maximum Gasteiger partial charge on any atom is 0.311 e. The van der Waals surface area contributed by atoms with Crippen molar-refractivity contribution in [2.45, 2.75) is 0 Å². The van der Waals surface area contributed by atoms with Gasteiger partial charge in [-0.1, -0.05) is 11.6 Å². The maximum absolute atomic E-state index is 11.3. The van der Waals surface area contributed by atoms with Gasteiger partial charge in [0.15, 0.2) is 5.75 Å². The molecular weight excluding hydrogens is 424 g/mol. The fraction of sp³-hybridized carbons (Fsp3) is 0.0588. The fourth-order valence-electron chi connectivity index (χ4n) is 2.45. The van der Waals surface area contributed by atoms with E-state index in [1.807, 2.05) is 6.07 Å². The van der Waals surface area contributed by atoms with Crippen LogP contribution >= 0.6 is 27.5 Å². The molecule has 0 unspecified atom stereocenters. The predicted molar refractivity (Wildman–Crippen MR) is 102 cm³/mol. The Labute approximate surface area is 161 Å². The molecule has 9 heteroatoms. The summed E-state index contributed by atoms with van der Waals surface area (Å²) < 4.78 is 5.75. The van der Waals surface area contributed by atoms with Crippen LogP contribution in [0.2, 0.25) is 5.02 Å². The number of fused-ring (bicyclic) bond motifs is 1. The lowest BCUT2D eigenvalue weighted by Gasteiger charge is -2.13. The first-order valence-corrected chi connectivity index (χ1v) is 8.39. The lowest BCUT2D eigenvalue weighted by Crippen LogP contribution is -1.99. The van der Waals surface area contributed by atoms with Gasteiger partial charge in [-0.15, -0.1) is 0 Å². The van der Waals surface area contributed by atoms with Crippen LogP contribution in [0.25, 0.3) is 10.9 Å². The van der Waals surface area contributed by atoms with E-state index in [-0.39, 0.29) is 17.0 Å². The van der Waals surface area contributed by atoms with Crippen LogP contribution in [0.15, 0.2) is 41.0 Å². The standard InChI is InChI=1S/C17H10BrClN4O3/c1-26-16-6-14-11(5-15(16)23(24)25)17(9(7-20)8-21-14)22-10-2-3-13(19)12(18)4-10/h2-6,8H,1H3,(H,21,22). The third kappa shape index (κ3) is 3.27. The van der Waals surface area contributed by atoms with Crippen LogP contribution in [0.3, 0.4) is 0 Å². The Kier molecular flexibility index (Phi) is 4.93. The van der Waals surface area contributed by atoms with E-state index >= 15 is 0 Å². The highest BCUT2D eigenvalue weighted by atomic mass is 79.9. The van der Waals surface area contributed by atoms with Crippen LogP contribution in [-0.4, -0.2) is 17.0 Å². The zero-order valence-corrected chi connectivity index (χ0v) is 15.6. The van der Waals surface area contributed by atoms with E-state index in [0.717, 1.165) is 0 Å². The van der Waals surface area contributed by atoms with Crippen molar-refractivity contribution in [1.29, 1.82) is 5.26 Å². The largest absolute Gasteiger partial charge is 0.490 e. The summed E-state index contributed by atoms with van der Waals surface area (Å²) in [5, 5.41) is 24.8. The van der Waals surface area contributed by atoms with Crippen LogP contribution in [0.1, 0.15) is 5.56 Å². The minimum absolute atomic E-state index is 0.0971. The van der Waals surface area contributed by atoms with Crippen molar-refractivity contribution < 1.29 is 9.66 Å². The third-order valence-electron chi connectivity index (χ3n) is 3.67. The van der Waals surface area contributed by atoms with Crippen LogP contribution in [-0.2, 0) is 0 Å². The second-order valence-electron chi connectivity index (χ2n) is 5.21. The Morgan fingerprint density at radius 1 is 1.38 bits per heavy atom. The minimum Gasteiger partial charge on any atom is -0.490 e. The summed E-state index contributed by atoms with van der Waals surface area (Å²) in [7, 11) is 1.35. The second kappa shape index (κ2) is 7.15. The number of halogens is 2. The Hall–Kier alpha value is -2.89. The summed E-state index contributed by atoms with van der Waals surface area (Å²) in [6.45, 7) is 0. The van der Waals surface area contributed by atoms with E-state index < -0.39 is 4.92 Å². The summed E-state index contributed by atoms with van der Waals surface area (Å²) in [4.78, 5) is 15.0. The van der Waals surface area contributed by atoms with Crippen molar-refractivity contribution in [3.63, 3.8) is 0 Å². The molecule has 1 aromatic heterocycles. The van der Waals surface area contributed by atoms with Crippen LogP contribution in [0, 0.1) is 21.4 Å². The average molecular weight is 434 g/mol. The number of hydrogen-bond donors (Lipinski definition) is 1. The molecule has 26 heavy (non-hydrogen) atoms. The highest BCUT2D eigenvalue weighted by Crippen LogP contribution is 2.37. The number of anilines is 2. The van der Waals surface area contributed by atoms with Crippen molar-refractivity contribution in [3.8, 4) is 11.8 Å². The lowest BCUT2D eigenvalue weighted by molar-refractivity contribution is -0.385. The summed E-state index contributed by atoms with van der Waals surface area (Å²) in [6, 6.07) is 10.0. The molecule has 1 heterocycles. The number of benzene rings is 2. The molecule has 2 aromatic carbocycles. The van der Waals surface area contributed by atoms with Gasteiger partial charge in [-0.2, -0.15) is 5.26 Å². The molecule has 3 aromatic rings. The van der Waals surface area contributed by atoms with Gasteiger partial charge in [0.05, 0.1) is 33.8 Å². The fourth-order valence-corrected chi connectivity index (χ4v) is 2.95. The third-order valence-corrected chi connectivity index (χ3v) is 4.89. The molecule has 0 radical (unpaired) electrons. The van der Waals surface area contributed by atoms with Gasteiger partial charge < -0.3 is 10.1 Å². The molecule has 0 aliphatic carbocycles. The molecule has 0 saturated heterocycles. The van der Waals surface area contributed by atoms with E-state index in [4.69, 9.17) is 16.3 Å². The Morgan fingerprint density at radius 3 is 2.77 bits per heavy atom. The molecule has 0 amide bonds. The number of nitrogens with one attached hydrogen (secondary N) is 1. The maximum atomic E-state index is 11.3. The van der Waals surface area contributed by atoms with Crippen LogP contribution in [0.4, 0.5) is 17.1 Å². The van der Waals surface area contributed by atoms with Crippen molar-refractivity contribution in [1.82, 2.24) is 4.98 Å². The number of ether oxygens (including phenoxy) is 1. The molecule has 0 aliphatic rings. The number of nitriles is 1. The Bertz CT molecular complexity index is 1080. The normalized spacial score (nSPS) is 10.4. The van der Waals surface area contributed by atoms with Gasteiger partial charge in [-0.25, -0.2) is 0 Å². The molecule has 1 N–H and O–H groups in total. The van der Waals surface area contributed by atoms with Gasteiger partial charge in [0.1, 0.15) is 6.07 Å². The number of methoxy groups -OCH3 is 1. The van der Waals surface area contributed by atoms with Crippen LogP contribution in [0.5, 0.6) is 5.75 Å². The number of nitro groups is 1. The van der Waals surface area contributed by atoms with E-state index in [9.17, 15) is 15.4 Å². The van der Waals surface area contributed by atoms with Gasteiger partial charge in [0.25, 0.3) is 0 Å². The molecule has 0 bridgehead atoms. The van der Waals surface area contributed by atoms with E-state index in [1.165, 1.54) is 25.4 Å². The quantitative estimate of drug-likeness (QED) is 0.449. The van der Waals surface area contributed by atoms with Crippen molar-refractivity contribution >= 4 is 55.5 Å². The molecule has 0 spiro atoms. The number of rotatable bonds is 4. The topological polar surface area (TPSA) is 101 Å². The van der Waals surface area contributed by atoms with E-state index in [2.05, 4.69) is 26.2 Å². The van der Waals surface area contributed by atoms with Gasteiger partial charge in [-0.05, 0) is 34.1 Å². The van der Waals surface area contributed by atoms with Crippen molar-refractivity contribution in [3.05, 3.63) is 61.7 Å². The Balaban J connectivity index is 2.24. The van der Waals surface area contributed by atoms with Crippen molar-refractivity contribution in [2.24, 2.45) is 0 Å². The molecule has 130 valence electrons.